The Morgan fingerprint density at radius 1 is 1.09 bits per heavy atom. The fourth-order valence-electron chi connectivity index (χ4n) is 8.32. The van der Waals surface area contributed by atoms with E-state index in [9.17, 15) is 19.2 Å². The predicted octanol–water partition coefficient (Wildman–Crippen LogP) is 4.55. The third kappa shape index (κ3) is 7.23. The molecule has 1 aromatic carbocycles. The monoisotopic (exact) mass is 778 g/mol. The molecule has 4 aliphatic rings. The highest BCUT2D eigenvalue weighted by Gasteiger charge is 2.45. The molecule has 56 heavy (non-hydrogen) atoms. The van der Waals surface area contributed by atoms with Gasteiger partial charge in [-0.15, -0.1) is 0 Å². The number of hydrogen-bond donors (Lipinski definition) is 2. The Morgan fingerprint density at radius 3 is 2.61 bits per heavy atom. The highest BCUT2D eigenvalue weighted by molar-refractivity contribution is 6.34. The van der Waals surface area contributed by atoms with Gasteiger partial charge in [0, 0.05) is 102 Å². The number of methoxy groups -OCH3 is 1. The molecule has 1 atom stereocenters. The molecular formula is C41H43ClN8O6. The van der Waals surface area contributed by atoms with Gasteiger partial charge in [-0.3, -0.25) is 29.5 Å². The number of pyridine rings is 2. The second kappa shape index (κ2) is 15.0. The van der Waals surface area contributed by atoms with E-state index in [1.54, 1.807) is 31.5 Å². The number of rotatable bonds is 7. The summed E-state index contributed by atoms with van der Waals surface area (Å²) in [5, 5.41) is 6.34. The van der Waals surface area contributed by atoms with Gasteiger partial charge in [0.15, 0.2) is 0 Å². The first kappa shape index (κ1) is 37.6. The van der Waals surface area contributed by atoms with Crippen molar-refractivity contribution in [2.45, 2.75) is 38.2 Å². The first-order valence-electron chi connectivity index (χ1n) is 18.7. The van der Waals surface area contributed by atoms with Crippen molar-refractivity contribution in [3.63, 3.8) is 0 Å². The molecule has 0 unspecified atom stereocenters. The number of nitrogens with zero attached hydrogens (tertiary/aromatic N) is 6. The van der Waals surface area contributed by atoms with E-state index >= 15 is 0 Å². The second-order valence-electron chi connectivity index (χ2n) is 15.2. The molecule has 3 aromatic heterocycles. The Bertz CT molecular complexity index is 2310. The number of fused-ring (bicyclic) bond motifs is 1. The molecule has 4 aliphatic heterocycles. The Labute approximate surface area is 329 Å². The van der Waals surface area contributed by atoms with E-state index in [2.05, 4.69) is 32.4 Å². The summed E-state index contributed by atoms with van der Waals surface area (Å²) in [5.74, 6) is 6.66. The van der Waals surface area contributed by atoms with Gasteiger partial charge in [0.25, 0.3) is 5.91 Å². The minimum Gasteiger partial charge on any atom is -0.378 e. The lowest BCUT2D eigenvalue weighted by atomic mass is 9.72. The van der Waals surface area contributed by atoms with Crippen LogP contribution in [0.2, 0.25) is 5.02 Å². The maximum absolute atomic E-state index is 13.6. The lowest BCUT2D eigenvalue weighted by molar-refractivity contribution is -0.120. The number of likely N-dealkylation sites (tertiary alicyclic amines) is 2. The van der Waals surface area contributed by atoms with Gasteiger partial charge in [-0.2, -0.15) is 0 Å². The molecule has 4 saturated heterocycles. The molecule has 0 saturated carbocycles. The average molecular weight is 779 g/mol. The van der Waals surface area contributed by atoms with Gasteiger partial charge in [-0.1, -0.05) is 23.4 Å². The number of carbonyl (C=O) groups is 4. The summed E-state index contributed by atoms with van der Waals surface area (Å²) < 4.78 is 13.8. The van der Waals surface area contributed by atoms with Crippen LogP contribution >= 0.6 is 11.6 Å². The first-order chi connectivity index (χ1) is 26.9. The number of hydrogen-bond acceptors (Lipinski definition) is 9. The number of urea groups is 1. The van der Waals surface area contributed by atoms with Crippen LogP contribution < -0.4 is 15.5 Å². The molecule has 14 nitrogen and oxygen atoms in total. The van der Waals surface area contributed by atoms with E-state index in [1.807, 2.05) is 40.9 Å². The average Bonchev–Trinajstić information content (AvgIpc) is 3.79. The number of anilines is 2. The molecule has 5 amide bonds. The fraction of sp³-hybridized carbons (Fsp3) is 0.415. The van der Waals surface area contributed by atoms with Crippen LogP contribution in [0.5, 0.6) is 0 Å². The Kier molecular flexibility index (Phi) is 10.0. The van der Waals surface area contributed by atoms with Crippen molar-refractivity contribution in [1.82, 2.24) is 29.7 Å². The zero-order valence-electron chi connectivity index (χ0n) is 31.6. The summed E-state index contributed by atoms with van der Waals surface area (Å²) in [4.78, 5) is 64.6. The number of halogens is 1. The lowest BCUT2D eigenvalue weighted by Crippen LogP contribution is -2.60. The highest BCUT2D eigenvalue weighted by atomic mass is 35.5. The van der Waals surface area contributed by atoms with Crippen LogP contribution in [0, 0.1) is 17.3 Å². The highest BCUT2D eigenvalue weighted by Crippen LogP contribution is 2.41. The van der Waals surface area contributed by atoms with Gasteiger partial charge in [-0.25, -0.2) is 14.8 Å². The largest absolute Gasteiger partial charge is 0.378 e. The SMILES string of the molecule is CO[C@]1(c2cc(C#CCN3CC4(CCN(C(=O)c5ccc(Cl)c(N6CCC(=O)NC6=O)c5)CC4)C3)cc(-c3cn(C)c4cnc(NC(C)=O)cc34)n2)CCOC1. The molecule has 8 rings (SSSR count). The van der Waals surface area contributed by atoms with Crippen molar-refractivity contribution in [3.8, 4) is 23.1 Å². The molecule has 4 aromatic rings. The summed E-state index contributed by atoms with van der Waals surface area (Å²) >= 11 is 6.41. The van der Waals surface area contributed by atoms with Crippen LogP contribution in [0.1, 0.15) is 54.2 Å². The van der Waals surface area contributed by atoms with Gasteiger partial charge in [-0.05, 0) is 54.7 Å². The van der Waals surface area contributed by atoms with Crippen molar-refractivity contribution < 1.29 is 28.7 Å². The zero-order chi connectivity index (χ0) is 39.2. The first-order valence-corrected chi connectivity index (χ1v) is 19.1. The Hall–Kier alpha value is -5.33. The summed E-state index contributed by atoms with van der Waals surface area (Å²) in [6.07, 6.45) is 6.39. The normalized spacial score (nSPS) is 20.8. The molecule has 0 radical (unpaired) electrons. The summed E-state index contributed by atoms with van der Waals surface area (Å²) in [5.41, 5.74) is 4.47. The minimum absolute atomic E-state index is 0.0999. The molecule has 2 N–H and O–H groups in total. The van der Waals surface area contributed by atoms with Crippen molar-refractivity contribution in [1.29, 1.82) is 0 Å². The van der Waals surface area contributed by atoms with Crippen molar-refractivity contribution in [3.05, 3.63) is 70.6 Å². The number of benzene rings is 1. The molecule has 0 aliphatic carbocycles. The van der Waals surface area contributed by atoms with Crippen LogP contribution in [0.25, 0.3) is 22.2 Å². The van der Waals surface area contributed by atoms with Crippen LogP contribution in [0.15, 0.2) is 48.8 Å². The number of aromatic nitrogens is 3. The van der Waals surface area contributed by atoms with Gasteiger partial charge in [0.05, 0.1) is 47.0 Å². The number of imide groups is 1. The quantitative estimate of drug-likeness (QED) is 0.258. The molecule has 4 fully saturated rings. The van der Waals surface area contributed by atoms with Crippen LogP contribution in [-0.4, -0.2) is 108 Å². The zero-order valence-corrected chi connectivity index (χ0v) is 32.4. The predicted molar refractivity (Wildman–Crippen MR) is 210 cm³/mol. The summed E-state index contributed by atoms with van der Waals surface area (Å²) in [6, 6.07) is 10.3. The maximum atomic E-state index is 13.6. The number of nitrogens with one attached hydrogen (secondary N) is 2. The smallest absolute Gasteiger partial charge is 0.328 e. The topological polar surface area (TPSA) is 151 Å². The number of piperidine rings is 1. The summed E-state index contributed by atoms with van der Waals surface area (Å²) in [7, 11) is 3.64. The molecule has 290 valence electrons. The standard InChI is InChI=1S/C41H43ClN8O6/c1-26(51)44-36-20-29-30(22-47(2)34(29)21-43-36)32-17-27(18-35(45-32)41(55-3)11-16-56-25-41)5-4-12-48-23-40(24-48)9-14-49(15-10-40)38(53)28-6-7-31(42)33(19-28)50-13-8-37(52)46-39(50)54/h6-7,17-22H,8-16,23-25H2,1-3H3,(H,43,44,51)(H,46,52,54)/t41-/m1/s1. The van der Waals surface area contributed by atoms with Crippen molar-refractivity contribution in [2.24, 2.45) is 12.5 Å². The van der Waals surface area contributed by atoms with Crippen LogP contribution in [0.4, 0.5) is 16.3 Å². The molecule has 0 bridgehead atoms. The number of carbonyl (C=O) groups excluding carboxylic acids is 4. The Morgan fingerprint density at radius 2 is 1.89 bits per heavy atom. The van der Waals surface area contributed by atoms with Crippen molar-refractivity contribution >= 4 is 57.8 Å². The molecule has 7 heterocycles. The van der Waals surface area contributed by atoms with Crippen molar-refractivity contribution in [2.75, 3.05) is 69.8 Å². The summed E-state index contributed by atoms with van der Waals surface area (Å²) in [6.45, 7) is 6.35. The number of ether oxygens (including phenoxy) is 2. The third-order valence-electron chi connectivity index (χ3n) is 11.4. The van der Waals surface area contributed by atoms with E-state index in [-0.39, 0.29) is 36.1 Å². The molecular weight excluding hydrogens is 736 g/mol. The van der Waals surface area contributed by atoms with Gasteiger partial charge >= 0.3 is 6.03 Å². The van der Waals surface area contributed by atoms with E-state index in [0.717, 1.165) is 59.3 Å². The number of amides is 5. The Balaban J connectivity index is 0.943. The maximum Gasteiger partial charge on any atom is 0.328 e. The minimum atomic E-state index is -0.679. The van der Waals surface area contributed by atoms with Gasteiger partial charge in [0.1, 0.15) is 11.4 Å². The van der Waals surface area contributed by atoms with E-state index < -0.39 is 11.6 Å². The van der Waals surface area contributed by atoms with Gasteiger partial charge in [0.2, 0.25) is 11.8 Å². The fourth-order valence-corrected chi connectivity index (χ4v) is 8.54. The molecule has 1 spiro atoms. The van der Waals surface area contributed by atoms with Gasteiger partial charge < -0.3 is 24.3 Å². The van der Waals surface area contributed by atoms with E-state index in [4.69, 9.17) is 26.1 Å². The second-order valence-corrected chi connectivity index (χ2v) is 15.6. The van der Waals surface area contributed by atoms with E-state index in [1.165, 1.54) is 11.8 Å². The number of aryl methyl sites for hydroxylation is 1. The van der Waals surface area contributed by atoms with E-state index in [0.29, 0.717) is 61.4 Å². The van der Waals surface area contributed by atoms with Crippen LogP contribution in [-0.2, 0) is 31.7 Å². The van der Waals surface area contributed by atoms with Crippen LogP contribution in [0.3, 0.4) is 0 Å². The third-order valence-corrected chi connectivity index (χ3v) is 11.7. The lowest BCUT2D eigenvalue weighted by Gasteiger charge is -2.53. The molecule has 15 heteroatoms.